The van der Waals surface area contributed by atoms with Crippen LogP contribution in [0.1, 0.15) is 46.5 Å². The molecule has 1 atom stereocenters. The van der Waals surface area contributed by atoms with Crippen LogP contribution in [0.3, 0.4) is 0 Å². The molecule has 0 bridgehead atoms. The number of nitrogens with zero attached hydrogens (tertiary/aromatic N) is 2. The second-order valence-electron chi connectivity index (χ2n) is 4.54. The Balaban J connectivity index is 2.77. The molecule has 1 unspecified atom stereocenters. The second-order valence-corrected chi connectivity index (χ2v) is 4.54. The molecule has 3 heteroatoms. The number of hydrogen-bond acceptors (Lipinski definition) is 3. The van der Waals surface area contributed by atoms with Gasteiger partial charge in [-0.05, 0) is 31.9 Å². The van der Waals surface area contributed by atoms with Crippen LogP contribution in [0.2, 0.25) is 0 Å². The highest BCUT2D eigenvalue weighted by atomic mass is 15.2. The van der Waals surface area contributed by atoms with Crippen LogP contribution in [0, 0.1) is 0 Å². The molecule has 0 aromatic carbocycles. The standard InChI is InChI=1S/C13H23N3/c1-4-6-9-13(3,5-2)16-10-7-8-12(14)15-11-16/h7-8,10-11H,4-6,9,14H2,1-3H3. The summed E-state index contributed by atoms with van der Waals surface area (Å²) in [6.45, 7) is 6.72. The van der Waals surface area contributed by atoms with E-state index >= 15 is 0 Å². The number of aliphatic imine (C=N–C) groups is 1. The summed E-state index contributed by atoms with van der Waals surface area (Å²) in [5, 5.41) is 0. The maximum atomic E-state index is 5.67. The van der Waals surface area contributed by atoms with E-state index in [4.69, 9.17) is 5.73 Å². The van der Waals surface area contributed by atoms with Crippen molar-refractivity contribution < 1.29 is 0 Å². The Morgan fingerprint density at radius 3 is 2.81 bits per heavy atom. The highest BCUT2D eigenvalue weighted by molar-refractivity contribution is 5.60. The Labute approximate surface area is 98.7 Å². The lowest BCUT2D eigenvalue weighted by molar-refractivity contribution is 0.227. The van der Waals surface area contributed by atoms with E-state index < -0.39 is 0 Å². The van der Waals surface area contributed by atoms with Crippen LogP contribution in [-0.4, -0.2) is 16.8 Å². The summed E-state index contributed by atoms with van der Waals surface area (Å²) in [6.07, 6.45) is 12.4. The quantitative estimate of drug-likeness (QED) is 0.775. The average molecular weight is 221 g/mol. The summed E-state index contributed by atoms with van der Waals surface area (Å²) < 4.78 is 0. The summed E-state index contributed by atoms with van der Waals surface area (Å²) in [4.78, 5) is 6.38. The SMILES string of the molecule is CCCCC(C)(CC)N1C=CC=C(N)N=C1. The lowest BCUT2D eigenvalue weighted by Gasteiger charge is -2.37. The van der Waals surface area contributed by atoms with Crippen molar-refractivity contribution in [1.82, 2.24) is 4.90 Å². The molecule has 1 heterocycles. The first-order chi connectivity index (χ1) is 7.62. The normalized spacial score (nSPS) is 19.2. The number of hydrogen-bond donors (Lipinski definition) is 1. The molecule has 2 N–H and O–H groups in total. The molecule has 0 saturated heterocycles. The first-order valence-corrected chi connectivity index (χ1v) is 6.09. The molecule has 0 saturated carbocycles. The molecule has 1 aliphatic rings. The van der Waals surface area contributed by atoms with Gasteiger partial charge in [-0.25, -0.2) is 4.99 Å². The van der Waals surface area contributed by atoms with Crippen LogP contribution in [0.5, 0.6) is 0 Å². The van der Waals surface area contributed by atoms with Gasteiger partial charge in [0.2, 0.25) is 0 Å². The van der Waals surface area contributed by atoms with Crippen molar-refractivity contribution in [2.75, 3.05) is 0 Å². The van der Waals surface area contributed by atoms with Gasteiger partial charge in [-0.3, -0.25) is 0 Å². The average Bonchev–Trinajstić information content (AvgIpc) is 2.51. The Bertz CT molecular complexity index is 304. The van der Waals surface area contributed by atoms with Gasteiger partial charge < -0.3 is 10.6 Å². The molecule has 0 amide bonds. The highest BCUT2D eigenvalue weighted by Gasteiger charge is 2.26. The number of rotatable bonds is 5. The zero-order chi connectivity index (χ0) is 12.0. The lowest BCUT2D eigenvalue weighted by atomic mass is 9.90. The van der Waals surface area contributed by atoms with E-state index in [9.17, 15) is 0 Å². The van der Waals surface area contributed by atoms with Gasteiger partial charge >= 0.3 is 0 Å². The smallest absolute Gasteiger partial charge is 0.125 e. The summed E-state index contributed by atoms with van der Waals surface area (Å²) in [5.74, 6) is 0.563. The van der Waals surface area contributed by atoms with Crippen molar-refractivity contribution in [3.8, 4) is 0 Å². The van der Waals surface area contributed by atoms with E-state index in [1.807, 2.05) is 18.5 Å². The van der Waals surface area contributed by atoms with E-state index in [0.29, 0.717) is 5.82 Å². The minimum absolute atomic E-state index is 0.147. The van der Waals surface area contributed by atoms with Crippen LogP contribution in [-0.2, 0) is 0 Å². The highest BCUT2D eigenvalue weighted by Crippen LogP contribution is 2.25. The van der Waals surface area contributed by atoms with Crippen LogP contribution in [0.25, 0.3) is 0 Å². The summed E-state index contributed by atoms with van der Waals surface area (Å²) in [7, 11) is 0. The van der Waals surface area contributed by atoms with Crippen LogP contribution >= 0.6 is 0 Å². The van der Waals surface area contributed by atoms with Crippen LogP contribution in [0.4, 0.5) is 0 Å². The molecule has 0 spiro atoms. The van der Waals surface area contributed by atoms with E-state index in [1.54, 1.807) is 0 Å². The fourth-order valence-corrected chi connectivity index (χ4v) is 1.81. The number of nitrogens with two attached hydrogens (primary N) is 1. The maximum Gasteiger partial charge on any atom is 0.125 e. The third-order valence-corrected chi connectivity index (χ3v) is 3.30. The molecule has 0 aromatic heterocycles. The predicted molar refractivity (Wildman–Crippen MR) is 70.0 cm³/mol. The summed E-state index contributed by atoms with van der Waals surface area (Å²) >= 11 is 0. The third kappa shape index (κ3) is 3.12. The van der Waals surface area contributed by atoms with Crippen molar-refractivity contribution in [2.45, 2.75) is 52.0 Å². The fraction of sp³-hybridized carbons (Fsp3) is 0.615. The Hall–Kier alpha value is -1.25. The molecular weight excluding hydrogens is 198 g/mol. The zero-order valence-corrected chi connectivity index (χ0v) is 10.6. The molecule has 16 heavy (non-hydrogen) atoms. The van der Waals surface area contributed by atoms with Gasteiger partial charge in [0.15, 0.2) is 0 Å². The molecule has 3 nitrogen and oxygen atoms in total. The second kappa shape index (κ2) is 5.73. The number of allylic oxidation sites excluding steroid dienone is 2. The Morgan fingerprint density at radius 1 is 1.44 bits per heavy atom. The van der Waals surface area contributed by atoms with Crippen LogP contribution in [0.15, 0.2) is 29.2 Å². The van der Waals surface area contributed by atoms with Gasteiger partial charge in [-0.15, -0.1) is 0 Å². The van der Waals surface area contributed by atoms with Crippen LogP contribution < -0.4 is 5.73 Å². The Kier molecular flexibility index (Phi) is 4.59. The van der Waals surface area contributed by atoms with Crippen molar-refractivity contribution >= 4 is 6.34 Å². The van der Waals surface area contributed by atoms with Gasteiger partial charge in [0, 0.05) is 11.7 Å². The molecule has 1 rings (SSSR count). The van der Waals surface area contributed by atoms with Gasteiger partial charge in [0.1, 0.15) is 5.82 Å². The van der Waals surface area contributed by atoms with Gasteiger partial charge in [0.25, 0.3) is 0 Å². The first-order valence-electron chi connectivity index (χ1n) is 6.09. The van der Waals surface area contributed by atoms with E-state index in [-0.39, 0.29) is 5.54 Å². The van der Waals surface area contributed by atoms with Gasteiger partial charge in [-0.1, -0.05) is 26.7 Å². The molecular formula is C13H23N3. The molecule has 1 aliphatic heterocycles. The molecule has 0 radical (unpaired) electrons. The Morgan fingerprint density at radius 2 is 2.19 bits per heavy atom. The molecule has 0 aliphatic carbocycles. The zero-order valence-electron chi connectivity index (χ0n) is 10.6. The third-order valence-electron chi connectivity index (χ3n) is 3.30. The van der Waals surface area contributed by atoms with Crippen molar-refractivity contribution in [2.24, 2.45) is 10.7 Å². The largest absolute Gasteiger partial charge is 0.384 e. The molecule has 0 fully saturated rings. The molecule has 0 aromatic rings. The fourth-order valence-electron chi connectivity index (χ4n) is 1.81. The summed E-state index contributed by atoms with van der Waals surface area (Å²) in [6, 6.07) is 0. The van der Waals surface area contributed by atoms with E-state index in [0.717, 1.165) is 6.42 Å². The monoisotopic (exact) mass is 221 g/mol. The number of unbranched alkanes of at least 4 members (excludes halogenated alkanes) is 1. The van der Waals surface area contributed by atoms with E-state index in [1.165, 1.54) is 19.3 Å². The molecule has 90 valence electrons. The van der Waals surface area contributed by atoms with Gasteiger partial charge in [-0.2, -0.15) is 0 Å². The predicted octanol–water partition coefficient (Wildman–Crippen LogP) is 3.00. The van der Waals surface area contributed by atoms with Crippen molar-refractivity contribution in [1.29, 1.82) is 0 Å². The summed E-state index contributed by atoms with van der Waals surface area (Å²) in [5.41, 5.74) is 5.81. The first kappa shape index (κ1) is 12.8. The maximum absolute atomic E-state index is 5.67. The van der Waals surface area contributed by atoms with Gasteiger partial charge in [0.05, 0.1) is 6.34 Å². The lowest BCUT2D eigenvalue weighted by Crippen LogP contribution is -2.41. The minimum atomic E-state index is 0.147. The topological polar surface area (TPSA) is 41.6 Å². The van der Waals surface area contributed by atoms with Crippen molar-refractivity contribution in [3.63, 3.8) is 0 Å². The van der Waals surface area contributed by atoms with Crippen molar-refractivity contribution in [3.05, 3.63) is 24.2 Å². The minimum Gasteiger partial charge on any atom is -0.384 e. The van der Waals surface area contributed by atoms with E-state index in [2.05, 4.69) is 36.9 Å².